The van der Waals surface area contributed by atoms with Crippen molar-refractivity contribution < 1.29 is 17.9 Å². The molecule has 0 saturated heterocycles. The zero-order valence-corrected chi connectivity index (χ0v) is 7.32. The van der Waals surface area contributed by atoms with E-state index in [9.17, 15) is 13.2 Å². The Balaban J connectivity index is 2.10. The van der Waals surface area contributed by atoms with Gasteiger partial charge in [-0.05, 0) is 18.8 Å². The predicted molar refractivity (Wildman–Crippen MR) is 43.4 cm³/mol. The molecule has 1 fully saturated rings. The Morgan fingerprint density at radius 1 is 1.29 bits per heavy atom. The molecule has 0 bridgehead atoms. The fourth-order valence-electron chi connectivity index (χ4n) is 1.05. The number of rotatable bonds is 3. The van der Waals surface area contributed by atoms with Crippen molar-refractivity contribution in [2.75, 3.05) is 6.61 Å². The summed E-state index contributed by atoms with van der Waals surface area (Å²) >= 11 is 0. The maximum atomic E-state index is 12.9. The number of hydrogen-bond donors (Lipinski definition) is 0. The van der Waals surface area contributed by atoms with E-state index in [-0.39, 0.29) is 5.75 Å². The van der Waals surface area contributed by atoms with Crippen molar-refractivity contribution in [1.82, 2.24) is 0 Å². The van der Waals surface area contributed by atoms with E-state index < -0.39 is 17.5 Å². The van der Waals surface area contributed by atoms with Gasteiger partial charge >= 0.3 is 0 Å². The molecule has 1 aliphatic rings. The molecule has 0 atom stereocenters. The zero-order chi connectivity index (χ0) is 10.1. The lowest BCUT2D eigenvalue weighted by Gasteiger charge is -2.05. The summed E-state index contributed by atoms with van der Waals surface area (Å²) in [6.45, 7) is 0.346. The molecular weight excluding hydrogens is 193 g/mol. The summed E-state index contributed by atoms with van der Waals surface area (Å²) in [5.41, 5.74) is 0. The molecule has 75 valence electrons. The third kappa shape index (κ3) is 2.00. The second kappa shape index (κ2) is 3.52. The average molecular weight is 201 g/mol. The summed E-state index contributed by atoms with van der Waals surface area (Å²) in [7, 11) is 0. The van der Waals surface area contributed by atoms with Crippen molar-refractivity contribution in [3.8, 4) is 5.75 Å². The second-order valence-corrected chi connectivity index (χ2v) is 3.36. The largest absolute Gasteiger partial charge is 0.489 e. The first-order chi connectivity index (χ1) is 6.66. The van der Waals surface area contributed by atoms with Crippen LogP contribution in [0.4, 0.5) is 13.2 Å². The minimum atomic E-state index is -1.25. The summed E-state index contributed by atoms with van der Waals surface area (Å²) in [5.74, 6) is -3.28. The predicted octanol–water partition coefficient (Wildman–Crippen LogP) is 2.69. The fraction of sp³-hybridized carbons (Fsp3) is 0.400. The number of ether oxygens (including phenoxy) is 1. The Morgan fingerprint density at radius 3 is 2.64 bits per heavy atom. The van der Waals surface area contributed by atoms with E-state index in [0.29, 0.717) is 18.6 Å². The van der Waals surface area contributed by atoms with Gasteiger partial charge in [0.15, 0.2) is 23.2 Å². The van der Waals surface area contributed by atoms with Crippen LogP contribution >= 0.6 is 0 Å². The quantitative estimate of drug-likeness (QED) is 0.683. The standard InChI is InChI=1S/C10H8F3O/c11-7-3-9(13)10(4-8(7)12)14-5-6-1-2-6/h3,6H,1-2,5H2. The molecule has 0 amide bonds. The Labute approximate surface area is 79.5 Å². The molecule has 4 heteroatoms. The maximum absolute atomic E-state index is 12.9. The number of hydrogen-bond acceptors (Lipinski definition) is 1. The molecule has 1 radical (unpaired) electrons. The Hall–Kier alpha value is -1.19. The summed E-state index contributed by atoms with van der Waals surface area (Å²) in [6, 6.07) is 2.35. The molecule has 1 aromatic rings. The summed E-state index contributed by atoms with van der Waals surface area (Å²) in [5, 5.41) is 0. The van der Waals surface area contributed by atoms with Gasteiger partial charge in [-0.3, -0.25) is 0 Å². The molecule has 0 unspecified atom stereocenters. The third-order valence-corrected chi connectivity index (χ3v) is 2.06. The van der Waals surface area contributed by atoms with Gasteiger partial charge < -0.3 is 4.74 Å². The van der Waals surface area contributed by atoms with Crippen LogP contribution in [0.2, 0.25) is 0 Å². The van der Waals surface area contributed by atoms with Crippen LogP contribution in [0.15, 0.2) is 6.07 Å². The molecule has 2 rings (SSSR count). The molecule has 0 heterocycles. The van der Waals surface area contributed by atoms with Gasteiger partial charge in [0, 0.05) is 6.07 Å². The number of halogens is 3. The van der Waals surface area contributed by atoms with Crippen molar-refractivity contribution in [3.63, 3.8) is 0 Å². The molecule has 1 nitrogen and oxygen atoms in total. The average Bonchev–Trinajstić information content (AvgIpc) is 2.92. The van der Waals surface area contributed by atoms with Gasteiger partial charge in [-0.15, -0.1) is 0 Å². The first-order valence-corrected chi connectivity index (χ1v) is 4.36. The van der Waals surface area contributed by atoms with E-state index in [2.05, 4.69) is 0 Å². The van der Waals surface area contributed by atoms with Crippen LogP contribution in [-0.4, -0.2) is 6.61 Å². The minimum Gasteiger partial charge on any atom is -0.489 e. The van der Waals surface area contributed by atoms with Crippen LogP contribution in [0.25, 0.3) is 0 Å². The Kier molecular flexibility index (Phi) is 2.35. The highest BCUT2D eigenvalue weighted by molar-refractivity contribution is 5.24. The summed E-state index contributed by atoms with van der Waals surface area (Å²) < 4.78 is 43.0. The van der Waals surface area contributed by atoms with Crippen LogP contribution in [0, 0.1) is 29.4 Å². The van der Waals surface area contributed by atoms with Crippen LogP contribution in [0.3, 0.4) is 0 Å². The van der Waals surface area contributed by atoms with Gasteiger partial charge in [-0.25, -0.2) is 13.2 Å². The van der Waals surface area contributed by atoms with Gasteiger partial charge in [0.1, 0.15) is 0 Å². The fourth-order valence-corrected chi connectivity index (χ4v) is 1.05. The van der Waals surface area contributed by atoms with E-state index in [1.807, 2.05) is 6.07 Å². The van der Waals surface area contributed by atoms with Crippen molar-refractivity contribution in [1.29, 1.82) is 0 Å². The Morgan fingerprint density at radius 2 is 2.00 bits per heavy atom. The summed E-state index contributed by atoms with van der Waals surface area (Å²) in [6.07, 6.45) is 2.09. The topological polar surface area (TPSA) is 9.23 Å². The molecule has 1 aromatic carbocycles. The van der Waals surface area contributed by atoms with Crippen LogP contribution in [-0.2, 0) is 0 Å². The maximum Gasteiger partial charge on any atom is 0.170 e. The lowest BCUT2D eigenvalue weighted by atomic mass is 10.3. The molecule has 0 aliphatic heterocycles. The smallest absolute Gasteiger partial charge is 0.170 e. The molecule has 1 saturated carbocycles. The van der Waals surface area contributed by atoms with Gasteiger partial charge in [0.25, 0.3) is 0 Å². The summed E-state index contributed by atoms with van der Waals surface area (Å²) in [4.78, 5) is 0. The van der Waals surface area contributed by atoms with E-state index in [0.717, 1.165) is 12.8 Å². The van der Waals surface area contributed by atoms with Gasteiger partial charge in [0.05, 0.1) is 12.7 Å². The molecule has 0 N–H and O–H groups in total. The van der Waals surface area contributed by atoms with Crippen molar-refractivity contribution in [2.24, 2.45) is 5.92 Å². The van der Waals surface area contributed by atoms with Gasteiger partial charge in [-0.2, -0.15) is 0 Å². The van der Waals surface area contributed by atoms with Crippen LogP contribution < -0.4 is 4.74 Å². The van der Waals surface area contributed by atoms with Crippen LogP contribution in [0.1, 0.15) is 12.8 Å². The first kappa shape index (κ1) is 9.37. The van der Waals surface area contributed by atoms with E-state index in [1.54, 1.807) is 0 Å². The lowest BCUT2D eigenvalue weighted by Crippen LogP contribution is -2.02. The minimum absolute atomic E-state index is 0.337. The molecule has 1 aliphatic carbocycles. The molecular formula is C10H8F3O. The van der Waals surface area contributed by atoms with Gasteiger partial charge in [-0.1, -0.05) is 0 Å². The van der Waals surface area contributed by atoms with Gasteiger partial charge in [0.2, 0.25) is 0 Å². The monoisotopic (exact) mass is 201 g/mol. The highest BCUT2D eigenvalue weighted by atomic mass is 19.2. The lowest BCUT2D eigenvalue weighted by molar-refractivity contribution is 0.281. The molecule has 14 heavy (non-hydrogen) atoms. The molecule has 0 spiro atoms. The highest BCUT2D eigenvalue weighted by Gasteiger charge is 2.23. The normalized spacial score (nSPS) is 15.6. The van der Waals surface area contributed by atoms with E-state index in [4.69, 9.17) is 4.74 Å². The Bertz CT molecular complexity index is 347. The number of benzene rings is 1. The SMILES string of the molecule is Fc1[c]c(OCC2CC2)c(F)cc1F. The van der Waals surface area contributed by atoms with Crippen molar-refractivity contribution in [3.05, 3.63) is 29.6 Å². The zero-order valence-electron chi connectivity index (χ0n) is 7.32. The first-order valence-electron chi connectivity index (χ1n) is 4.36. The third-order valence-electron chi connectivity index (χ3n) is 2.06. The highest BCUT2D eigenvalue weighted by Crippen LogP contribution is 2.30. The van der Waals surface area contributed by atoms with Crippen molar-refractivity contribution >= 4 is 0 Å². The van der Waals surface area contributed by atoms with Crippen molar-refractivity contribution in [2.45, 2.75) is 12.8 Å². The van der Waals surface area contributed by atoms with Crippen LogP contribution in [0.5, 0.6) is 5.75 Å². The van der Waals surface area contributed by atoms with E-state index in [1.165, 1.54) is 0 Å². The van der Waals surface area contributed by atoms with E-state index >= 15 is 0 Å². The second-order valence-electron chi connectivity index (χ2n) is 3.36. The molecule has 0 aromatic heterocycles.